The molecule has 2 aromatic carbocycles. The number of carbonyl (C=O) groups excluding carboxylic acids is 1. The molecule has 0 aliphatic carbocycles. The number of nitrogens with one attached hydrogen (secondary N) is 1. The summed E-state index contributed by atoms with van der Waals surface area (Å²) in [6.45, 7) is 2.62. The summed E-state index contributed by atoms with van der Waals surface area (Å²) in [4.78, 5) is 17.3. The molecule has 0 fully saturated rings. The van der Waals surface area contributed by atoms with E-state index in [1.807, 2.05) is 0 Å². The maximum atomic E-state index is 14.9. The Labute approximate surface area is 200 Å². The van der Waals surface area contributed by atoms with Crippen LogP contribution in [0.2, 0.25) is 0 Å². The van der Waals surface area contributed by atoms with Gasteiger partial charge in [-0.25, -0.2) is 27.1 Å². The molecular formula is C23H25F3N2O6S. The highest BCUT2D eigenvalue weighted by Crippen LogP contribution is 2.33. The van der Waals surface area contributed by atoms with Crippen LogP contribution >= 0.6 is 0 Å². The number of aliphatic hydroxyl groups excluding tert-OH is 1. The SMILES string of the molecule is CC(O)Cc1cc(F)c(-c2ccc(C3=NOC(C[C@](C)(C(=O)NO)S(C)(=O)=O)C3)cc2F)c(F)c1. The van der Waals surface area contributed by atoms with Crippen LogP contribution in [-0.4, -0.2) is 53.6 Å². The van der Waals surface area contributed by atoms with Crippen molar-refractivity contribution in [1.82, 2.24) is 5.48 Å². The number of oxime groups is 1. The van der Waals surface area contributed by atoms with Crippen LogP contribution in [0.5, 0.6) is 0 Å². The van der Waals surface area contributed by atoms with Gasteiger partial charge in [0, 0.05) is 30.2 Å². The van der Waals surface area contributed by atoms with Crippen molar-refractivity contribution < 1.29 is 41.5 Å². The predicted molar refractivity (Wildman–Crippen MR) is 121 cm³/mol. The zero-order valence-electron chi connectivity index (χ0n) is 19.2. The van der Waals surface area contributed by atoms with E-state index >= 15 is 0 Å². The van der Waals surface area contributed by atoms with E-state index in [0.29, 0.717) is 0 Å². The van der Waals surface area contributed by atoms with Gasteiger partial charge in [-0.1, -0.05) is 17.3 Å². The Hall–Kier alpha value is -2.96. The third-order valence-corrected chi connectivity index (χ3v) is 7.94. The van der Waals surface area contributed by atoms with Crippen molar-refractivity contribution in [2.45, 2.75) is 50.1 Å². The molecule has 1 aliphatic rings. The summed E-state index contributed by atoms with van der Waals surface area (Å²) < 4.78 is 66.4. The van der Waals surface area contributed by atoms with Gasteiger partial charge in [0.1, 0.15) is 23.6 Å². The van der Waals surface area contributed by atoms with Gasteiger partial charge < -0.3 is 9.94 Å². The van der Waals surface area contributed by atoms with Gasteiger partial charge in [-0.05, 0) is 44.0 Å². The Kier molecular flexibility index (Phi) is 7.58. The molecule has 2 aromatic rings. The topological polar surface area (TPSA) is 125 Å². The molecule has 1 aliphatic heterocycles. The van der Waals surface area contributed by atoms with Gasteiger partial charge >= 0.3 is 0 Å². The van der Waals surface area contributed by atoms with Gasteiger partial charge in [-0.2, -0.15) is 0 Å². The Morgan fingerprint density at radius 2 is 1.86 bits per heavy atom. The quantitative estimate of drug-likeness (QED) is 0.368. The fraction of sp³-hybridized carbons (Fsp3) is 0.391. The van der Waals surface area contributed by atoms with E-state index in [2.05, 4.69) is 5.16 Å². The molecule has 3 rings (SSSR count). The molecule has 1 heterocycles. The first-order valence-electron chi connectivity index (χ1n) is 10.6. The third-order valence-electron chi connectivity index (χ3n) is 5.96. The molecule has 0 saturated heterocycles. The molecule has 190 valence electrons. The second kappa shape index (κ2) is 9.96. The number of aliphatic hydroxyl groups is 1. The van der Waals surface area contributed by atoms with Gasteiger partial charge in [0.2, 0.25) is 0 Å². The van der Waals surface area contributed by atoms with Crippen molar-refractivity contribution in [2.24, 2.45) is 5.16 Å². The van der Waals surface area contributed by atoms with Gasteiger partial charge in [0.25, 0.3) is 5.91 Å². The average Bonchev–Trinajstić information content (AvgIpc) is 3.20. The van der Waals surface area contributed by atoms with Crippen LogP contribution in [0.1, 0.15) is 37.8 Å². The maximum Gasteiger partial charge on any atom is 0.264 e. The van der Waals surface area contributed by atoms with E-state index < -0.39 is 55.7 Å². The van der Waals surface area contributed by atoms with Crippen LogP contribution in [0.4, 0.5) is 13.2 Å². The number of halogens is 3. The van der Waals surface area contributed by atoms with Gasteiger partial charge in [0.05, 0.1) is 17.4 Å². The van der Waals surface area contributed by atoms with Crippen LogP contribution in [0.25, 0.3) is 11.1 Å². The van der Waals surface area contributed by atoms with E-state index in [9.17, 15) is 31.5 Å². The second-order valence-electron chi connectivity index (χ2n) is 8.80. The third kappa shape index (κ3) is 5.49. The number of rotatable bonds is 8. The normalized spacial score (nSPS) is 18.4. The minimum atomic E-state index is -3.95. The summed E-state index contributed by atoms with van der Waals surface area (Å²) >= 11 is 0. The molecule has 35 heavy (non-hydrogen) atoms. The lowest BCUT2D eigenvalue weighted by Crippen LogP contribution is -2.51. The summed E-state index contributed by atoms with van der Waals surface area (Å²) in [7, 11) is -3.95. The fourth-order valence-corrected chi connectivity index (χ4v) is 4.78. The summed E-state index contributed by atoms with van der Waals surface area (Å²) in [6, 6.07) is 5.69. The van der Waals surface area contributed by atoms with Crippen LogP contribution < -0.4 is 5.48 Å². The van der Waals surface area contributed by atoms with Crippen molar-refractivity contribution in [3.05, 3.63) is 58.9 Å². The smallest absolute Gasteiger partial charge is 0.264 e. The van der Waals surface area contributed by atoms with E-state index in [4.69, 9.17) is 10.0 Å². The molecular weight excluding hydrogens is 489 g/mol. The number of benzene rings is 2. The fourth-order valence-electron chi connectivity index (χ4n) is 3.91. The first kappa shape index (κ1) is 26.6. The molecule has 0 saturated carbocycles. The molecule has 3 atom stereocenters. The molecule has 0 bridgehead atoms. The first-order chi connectivity index (χ1) is 16.3. The average molecular weight is 515 g/mol. The number of amides is 1. The second-order valence-corrected chi connectivity index (χ2v) is 11.2. The summed E-state index contributed by atoms with van der Waals surface area (Å²) in [5, 5.41) is 22.2. The summed E-state index contributed by atoms with van der Waals surface area (Å²) in [5.74, 6) is -4.00. The van der Waals surface area contributed by atoms with Gasteiger partial charge in [-0.3, -0.25) is 10.0 Å². The number of hydrogen-bond donors (Lipinski definition) is 3. The number of hydrogen-bond acceptors (Lipinski definition) is 7. The van der Waals surface area contributed by atoms with Crippen LogP contribution in [0.3, 0.4) is 0 Å². The zero-order chi connectivity index (χ0) is 26.1. The van der Waals surface area contributed by atoms with Crippen molar-refractivity contribution in [3.8, 4) is 11.1 Å². The molecule has 0 aromatic heterocycles. The Bertz CT molecular complexity index is 1260. The lowest BCUT2D eigenvalue weighted by atomic mass is 9.94. The highest BCUT2D eigenvalue weighted by molar-refractivity contribution is 7.92. The molecule has 0 spiro atoms. The van der Waals surface area contributed by atoms with Crippen LogP contribution in [0, 0.1) is 17.5 Å². The monoisotopic (exact) mass is 514 g/mol. The highest BCUT2D eigenvalue weighted by Gasteiger charge is 2.47. The summed E-state index contributed by atoms with van der Waals surface area (Å²) in [6.07, 6.45) is -1.08. The minimum Gasteiger partial charge on any atom is -0.393 e. The number of sulfone groups is 1. The van der Waals surface area contributed by atoms with E-state index in [1.165, 1.54) is 24.5 Å². The molecule has 12 heteroatoms. The maximum absolute atomic E-state index is 14.9. The van der Waals surface area contributed by atoms with Crippen molar-refractivity contribution in [2.75, 3.05) is 6.26 Å². The molecule has 0 radical (unpaired) electrons. The highest BCUT2D eigenvalue weighted by atomic mass is 32.2. The summed E-state index contributed by atoms with van der Waals surface area (Å²) in [5.41, 5.74) is 1.20. The molecule has 1 amide bonds. The number of carbonyl (C=O) groups is 1. The van der Waals surface area contributed by atoms with Crippen molar-refractivity contribution in [1.29, 1.82) is 0 Å². The molecule has 8 nitrogen and oxygen atoms in total. The predicted octanol–water partition coefficient (Wildman–Crippen LogP) is 2.89. The van der Waals surface area contributed by atoms with Gasteiger partial charge in [0.15, 0.2) is 14.6 Å². The van der Waals surface area contributed by atoms with E-state index in [-0.39, 0.29) is 41.7 Å². The largest absolute Gasteiger partial charge is 0.393 e. The first-order valence-corrected chi connectivity index (χ1v) is 12.5. The number of hydroxylamine groups is 1. The Balaban J connectivity index is 1.82. The molecule has 2 unspecified atom stereocenters. The van der Waals surface area contributed by atoms with E-state index in [0.717, 1.165) is 31.4 Å². The van der Waals surface area contributed by atoms with Crippen LogP contribution in [0.15, 0.2) is 35.5 Å². The van der Waals surface area contributed by atoms with Gasteiger partial charge in [-0.15, -0.1) is 0 Å². The zero-order valence-corrected chi connectivity index (χ0v) is 20.0. The van der Waals surface area contributed by atoms with Crippen molar-refractivity contribution in [3.63, 3.8) is 0 Å². The number of nitrogens with zero attached hydrogens (tertiary/aromatic N) is 1. The van der Waals surface area contributed by atoms with E-state index in [1.54, 1.807) is 0 Å². The van der Waals surface area contributed by atoms with Crippen LogP contribution in [-0.2, 0) is 25.9 Å². The minimum absolute atomic E-state index is 0.0272. The van der Waals surface area contributed by atoms with Crippen molar-refractivity contribution >= 4 is 21.5 Å². The Morgan fingerprint density at radius 1 is 1.23 bits per heavy atom. The lowest BCUT2D eigenvalue weighted by molar-refractivity contribution is -0.132. The standard InChI is InChI=1S/C23H25F3N2O6S/c1-12(29)6-13-7-18(25)21(19(26)8-13)16-5-4-14(9-17(16)24)20-10-15(34-28-20)11-23(2,22(30)27-31)35(3,32)33/h4-5,7-9,12,15,29,31H,6,10-11H2,1-3H3,(H,27,30)/t12?,15?,23-/m1/s1. The lowest BCUT2D eigenvalue weighted by Gasteiger charge is -2.26. The Morgan fingerprint density at radius 3 is 2.37 bits per heavy atom. The molecule has 3 N–H and O–H groups in total.